The van der Waals surface area contributed by atoms with Crippen LogP contribution in [0, 0.1) is 17.0 Å². The zero-order valence-corrected chi connectivity index (χ0v) is 16.2. The SMILES string of the molecule is Cc1ccc(NC(=O)c2cc3cccnc3s2)c(-c2ccccc2[N+](=O)[O-])c1N. The van der Waals surface area contributed by atoms with Gasteiger partial charge in [0.25, 0.3) is 11.6 Å². The number of thiophene rings is 1. The summed E-state index contributed by atoms with van der Waals surface area (Å²) < 4.78 is 0. The zero-order chi connectivity index (χ0) is 20.5. The molecule has 0 bridgehead atoms. The number of nitrogen functional groups attached to an aromatic ring is 1. The van der Waals surface area contributed by atoms with Crippen LogP contribution in [0.25, 0.3) is 21.3 Å². The number of aromatic nitrogens is 1. The second kappa shape index (κ2) is 7.33. The van der Waals surface area contributed by atoms with E-state index in [0.717, 1.165) is 15.8 Å². The summed E-state index contributed by atoms with van der Waals surface area (Å²) in [5.41, 5.74) is 8.56. The monoisotopic (exact) mass is 404 g/mol. The summed E-state index contributed by atoms with van der Waals surface area (Å²) in [7, 11) is 0. The lowest BCUT2D eigenvalue weighted by Gasteiger charge is -2.15. The van der Waals surface area contributed by atoms with E-state index in [4.69, 9.17) is 5.73 Å². The summed E-state index contributed by atoms with van der Waals surface area (Å²) in [6, 6.07) is 15.3. The number of nitrogens with one attached hydrogen (secondary N) is 1. The molecule has 4 aromatic rings. The molecule has 2 aromatic heterocycles. The number of benzene rings is 2. The third kappa shape index (κ3) is 3.41. The number of amides is 1. The summed E-state index contributed by atoms with van der Waals surface area (Å²) in [6.45, 7) is 1.82. The Morgan fingerprint density at radius 1 is 1.17 bits per heavy atom. The second-order valence-electron chi connectivity index (χ2n) is 6.46. The van der Waals surface area contributed by atoms with Gasteiger partial charge < -0.3 is 11.1 Å². The Labute approximate surface area is 170 Å². The number of para-hydroxylation sites is 1. The Morgan fingerprint density at radius 2 is 1.97 bits per heavy atom. The molecule has 29 heavy (non-hydrogen) atoms. The lowest BCUT2D eigenvalue weighted by molar-refractivity contribution is -0.384. The quantitative estimate of drug-likeness (QED) is 0.282. The van der Waals surface area contributed by atoms with Gasteiger partial charge in [0, 0.05) is 28.9 Å². The molecule has 2 aromatic carbocycles. The number of carbonyl (C=O) groups is 1. The molecule has 0 unspecified atom stereocenters. The molecule has 144 valence electrons. The third-order valence-electron chi connectivity index (χ3n) is 4.60. The van der Waals surface area contributed by atoms with Crippen molar-refractivity contribution >= 4 is 44.5 Å². The summed E-state index contributed by atoms with van der Waals surface area (Å²) in [6.07, 6.45) is 1.67. The third-order valence-corrected chi connectivity index (χ3v) is 5.66. The number of nitro groups is 1. The molecule has 3 N–H and O–H groups in total. The average molecular weight is 404 g/mol. The molecule has 0 saturated heterocycles. The van der Waals surface area contributed by atoms with E-state index >= 15 is 0 Å². The van der Waals surface area contributed by atoms with E-state index < -0.39 is 4.92 Å². The van der Waals surface area contributed by atoms with Crippen molar-refractivity contribution in [2.75, 3.05) is 11.1 Å². The van der Waals surface area contributed by atoms with Crippen LogP contribution in [0.15, 0.2) is 60.8 Å². The summed E-state index contributed by atoms with van der Waals surface area (Å²) in [5, 5.41) is 15.3. The van der Waals surface area contributed by atoms with Crippen molar-refractivity contribution in [3.8, 4) is 11.1 Å². The number of pyridine rings is 1. The number of hydrogen-bond acceptors (Lipinski definition) is 6. The van der Waals surface area contributed by atoms with Crippen molar-refractivity contribution in [3.05, 3.63) is 81.3 Å². The Kier molecular flexibility index (Phi) is 4.69. The van der Waals surface area contributed by atoms with Crippen molar-refractivity contribution in [1.82, 2.24) is 4.98 Å². The largest absolute Gasteiger partial charge is 0.398 e. The van der Waals surface area contributed by atoms with Crippen molar-refractivity contribution in [2.24, 2.45) is 0 Å². The number of rotatable bonds is 4. The minimum atomic E-state index is -0.458. The van der Waals surface area contributed by atoms with Gasteiger partial charge in [0.1, 0.15) is 4.83 Å². The highest BCUT2D eigenvalue weighted by Crippen LogP contribution is 2.40. The molecular formula is C21H16N4O3S. The van der Waals surface area contributed by atoms with Crippen molar-refractivity contribution in [1.29, 1.82) is 0 Å². The van der Waals surface area contributed by atoms with Crippen LogP contribution in [0.2, 0.25) is 0 Å². The molecule has 1 amide bonds. The number of nitrogens with zero attached hydrogens (tertiary/aromatic N) is 2. The van der Waals surface area contributed by atoms with Gasteiger partial charge in [0.05, 0.1) is 21.1 Å². The number of anilines is 2. The van der Waals surface area contributed by atoms with Gasteiger partial charge in [-0.15, -0.1) is 11.3 Å². The minimum Gasteiger partial charge on any atom is -0.398 e. The van der Waals surface area contributed by atoms with Crippen LogP contribution < -0.4 is 11.1 Å². The van der Waals surface area contributed by atoms with Gasteiger partial charge in [-0.2, -0.15) is 0 Å². The van der Waals surface area contributed by atoms with Crippen LogP contribution >= 0.6 is 11.3 Å². The van der Waals surface area contributed by atoms with Gasteiger partial charge in [-0.3, -0.25) is 14.9 Å². The fourth-order valence-corrected chi connectivity index (χ4v) is 4.03. The van der Waals surface area contributed by atoms with E-state index in [-0.39, 0.29) is 11.6 Å². The molecule has 0 aliphatic rings. The number of nitrogens with two attached hydrogens (primary N) is 1. The maximum absolute atomic E-state index is 12.9. The highest BCUT2D eigenvalue weighted by molar-refractivity contribution is 7.20. The lowest BCUT2D eigenvalue weighted by Crippen LogP contribution is -2.12. The molecule has 4 rings (SSSR count). The number of carbonyl (C=O) groups excluding carboxylic acids is 1. The maximum Gasteiger partial charge on any atom is 0.277 e. The van der Waals surface area contributed by atoms with E-state index in [1.807, 2.05) is 19.1 Å². The standard InChI is InChI=1S/C21H16N4O3S/c1-12-8-9-15(18(19(12)22)14-6-2-3-7-16(14)25(27)28)24-20(26)17-11-13-5-4-10-23-21(13)29-17/h2-11H,22H2,1H3,(H,24,26). The average Bonchev–Trinajstić information content (AvgIpc) is 3.15. The molecule has 8 heteroatoms. The first kappa shape index (κ1) is 18.6. The molecule has 7 nitrogen and oxygen atoms in total. The Bertz CT molecular complexity index is 1230. The van der Waals surface area contributed by atoms with E-state index in [0.29, 0.717) is 27.4 Å². The smallest absolute Gasteiger partial charge is 0.277 e. The molecule has 0 spiro atoms. The van der Waals surface area contributed by atoms with Crippen molar-refractivity contribution < 1.29 is 9.72 Å². The zero-order valence-electron chi connectivity index (χ0n) is 15.4. The Balaban J connectivity index is 1.80. The van der Waals surface area contributed by atoms with E-state index in [1.54, 1.807) is 42.6 Å². The molecule has 0 saturated carbocycles. The minimum absolute atomic E-state index is 0.0774. The molecule has 0 radical (unpaired) electrons. The number of hydrogen-bond donors (Lipinski definition) is 2. The molecule has 0 atom stereocenters. The maximum atomic E-state index is 12.9. The second-order valence-corrected chi connectivity index (χ2v) is 7.49. The predicted molar refractivity (Wildman–Crippen MR) is 115 cm³/mol. The molecular weight excluding hydrogens is 388 g/mol. The highest BCUT2D eigenvalue weighted by Gasteiger charge is 2.22. The van der Waals surface area contributed by atoms with Crippen LogP contribution in [-0.2, 0) is 0 Å². The topological polar surface area (TPSA) is 111 Å². The Hall–Kier alpha value is -3.78. The first-order chi connectivity index (χ1) is 14.0. The number of nitro benzene ring substituents is 1. The van der Waals surface area contributed by atoms with Gasteiger partial charge in [0.2, 0.25) is 0 Å². The first-order valence-corrected chi connectivity index (χ1v) is 9.56. The predicted octanol–water partition coefficient (Wildman–Crippen LogP) is 5.01. The van der Waals surface area contributed by atoms with Crippen LogP contribution in [0.4, 0.5) is 17.1 Å². The van der Waals surface area contributed by atoms with Gasteiger partial charge in [-0.1, -0.05) is 24.3 Å². The van der Waals surface area contributed by atoms with Gasteiger partial charge in [-0.05, 0) is 36.8 Å². The molecule has 0 aliphatic heterocycles. The lowest BCUT2D eigenvalue weighted by atomic mass is 9.97. The van der Waals surface area contributed by atoms with Crippen molar-refractivity contribution in [3.63, 3.8) is 0 Å². The molecule has 0 aliphatic carbocycles. The summed E-state index contributed by atoms with van der Waals surface area (Å²) >= 11 is 1.28. The van der Waals surface area contributed by atoms with Crippen molar-refractivity contribution in [2.45, 2.75) is 6.92 Å². The van der Waals surface area contributed by atoms with Gasteiger partial charge in [-0.25, -0.2) is 4.98 Å². The van der Waals surface area contributed by atoms with E-state index in [1.165, 1.54) is 17.4 Å². The van der Waals surface area contributed by atoms with E-state index in [9.17, 15) is 14.9 Å². The van der Waals surface area contributed by atoms with Gasteiger partial charge >= 0.3 is 0 Å². The normalized spacial score (nSPS) is 10.8. The van der Waals surface area contributed by atoms with E-state index in [2.05, 4.69) is 10.3 Å². The summed E-state index contributed by atoms with van der Waals surface area (Å²) in [4.78, 5) is 29.5. The Morgan fingerprint density at radius 3 is 2.72 bits per heavy atom. The van der Waals surface area contributed by atoms with Gasteiger partial charge in [0.15, 0.2) is 0 Å². The first-order valence-electron chi connectivity index (χ1n) is 8.74. The summed E-state index contributed by atoms with van der Waals surface area (Å²) in [5.74, 6) is -0.323. The number of aryl methyl sites for hydroxylation is 1. The fourth-order valence-electron chi connectivity index (χ4n) is 3.13. The fraction of sp³-hybridized carbons (Fsp3) is 0.0476. The number of fused-ring (bicyclic) bond motifs is 1. The van der Waals surface area contributed by atoms with Crippen LogP contribution in [-0.4, -0.2) is 15.8 Å². The van der Waals surface area contributed by atoms with Crippen LogP contribution in [0.1, 0.15) is 15.2 Å². The molecule has 2 heterocycles. The highest BCUT2D eigenvalue weighted by atomic mass is 32.1. The van der Waals surface area contributed by atoms with Crippen LogP contribution in [0.5, 0.6) is 0 Å². The molecule has 0 fully saturated rings. The van der Waals surface area contributed by atoms with Crippen LogP contribution in [0.3, 0.4) is 0 Å².